The first kappa shape index (κ1) is 15.0. The molecule has 5 heteroatoms. The van der Waals surface area contributed by atoms with E-state index in [1.807, 2.05) is 0 Å². The Morgan fingerprint density at radius 3 is 2.76 bits per heavy atom. The standard InChI is InChI=1S/C16H11ClFNO2/c17-14-6-2-1-5-13(14)16(21)19-12-7-8-15(18)11(10-12)4-3-9-20/h1-2,5-8,10,20H,9H2,(H,19,21). The third-order valence-electron chi connectivity index (χ3n) is 2.64. The van der Waals surface area contributed by atoms with Gasteiger partial charge in [-0.1, -0.05) is 35.6 Å². The summed E-state index contributed by atoms with van der Waals surface area (Å²) in [5.74, 6) is 3.92. The lowest BCUT2D eigenvalue weighted by Crippen LogP contribution is -2.12. The molecule has 0 heterocycles. The summed E-state index contributed by atoms with van der Waals surface area (Å²) in [7, 11) is 0. The zero-order chi connectivity index (χ0) is 15.2. The fourth-order valence-corrected chi connectivity index (χ4v) is 1.90. The van der Waals surface area contributed by atoms with Gasteiger partial charge in [0, 0.05) is 5.69 Å². The minimum Gasteiger partial charge on any atom is -0.384 e. The number of aliphatic hydroxyl groups is 1. The summed E-state index contributed by atoms with van der Waals surface area (Å²) < 4.78 is 13.5. The number of rotatable bonds is 2. The van der Waals surface area contributed by atoms with Gasteiger partial charge in [0.1, 0.15) is 12.4 Å². The van der Waals surface area contributed by atoms with E-state index >= 15 is 0 Å². The summed E-state index contributed by atoms with van der Waals surface area (Å²) in [5, 5.41) is 11.6. The van der Waals surface area contributed by atoms with Crippen LogP contribution in [0.25, 0.3) is 0 Å². The van der Waals surface area contributed by atoms with E-state index in [1.165, 1.54) is 18.2 Å². The van der Waals surface area contributed by atoms with Gasteiger partial charge >= 0.3 is 0 Å². The summed E-state index contributed by atoms with van der Waals surface area (Å²) >= 11 is 5.94. The van der Waals surface area contributed by atoms with Gasteiger partial charge in [0.15, 0.2) is 0 Å². The van der Waals surface area contributed by atoms with Crippen molar-refractivity contribution in [2.24, 2.45) is 0 Å². The van der Waals surface area contributed by atoms with Crippen LogP contribution in [0.5, 0.6) is 0 Å². The predicted octanol–water partition coefficient (Wildman–Crippen LogP) is 3.08. The molecule has 2 aromatic rings. The SMILES string of the molecule is O=C(Nc1ccc(F)c(C#CCO)c1)c1ccccc1Cl. The molecule has 0 atom stereocenters. The maximum atomic E-state index is 13.5. The van der Waals surface area contributed by atoms with Crippen molar-refractivity contribution in [1.29, 1.82) is 0 Å². The average molecular weight is 304 g/mol. The number of aliphatic hydroxyl groups excluding tert-OH is 1. The highest BCUT2D eigenvalue weighted by Crippen LogP contribution is 2.18. The smallest absolute Gasteiger partial charge is 0.257 e. The fraction of sp³-hybridized carbons (Fsp3) is 0.0625. The molecule has 0 aliphatic heterocycles. The van der Waals surface area contributed by atoms with Gasteiger partial charge in [0.05, 0.1) is 16.1 Å². The van der Waals surface area contributed by atoms with Crippen LogP contribution >= 0.6 is 11.6 Å². The Kier molecular flexibility index (Phi) is 4.94. The van der Waals surface area contributed by atoms with Gasteiger partial charge in [-0.05, 0) is 30.3 Å². The number of hydrogen-bond acceptors (Lipinski definition) is 2. The molecule has 0 fully saturated rings. The van der Waals surface area contributed by atoms with Crippen LogP contribution in [0, 0.1) is 17.7 Å². The van der Waals surface area contributed by atoms with Crippen molar-refractivity contribution in [2.75, 3.05) is 11.9 Å². The molecule has 0 spiro atoms. The highest BCUT2D eigenvalue weighted by molar-refractivity contribution is 6.34. The number of benzene rings is 2. The minimum absolute atomic E-state index is 0.0982. The topological polar surface area (TPSA) is 49.3 Å². The van der Waals surface area contributed by atoms with Gasteiger partial charge in [-0.3, -0.25) is 4.79 Å². The molecule has 2 N–H and O–H groups in total. The molecule has 0 aromatic heterocycles. The number of carbonyl (C=O) groups excluding carboxylic acids is 1. The number of carbonyl (C=O) groups is 1. The van der Waals surface area contributed by atoms with Crippen molar-refractivity contribution in [3.63, 3.8) is 0 Å². The van der Waals surface area contributed by atoms with E-state index in [2.05, 4.69) is 17.2 Å². The average Bonchev–Trinajstić information content (AvgIpc) is 2.48. The second kappa shape index (κ2) is 6.89. The third-order valence-corrected chi connectivity index (χ3v) is 2.97. The fourth-order valence-electron chi connectivity index (χ4n) is 1.68. The van der Waals surface area contributed by atoms with Gasteiger partial charge < -0.3 is 10.4 Å². The largest absolute Gasteiger partial charge is 0.384 e. The van der Waals surface area contributed by atoms with Gasteiger partial charge in [0.2, 0.25) is 0 Å². The molecule has 0 saturated heterocycles. The molecule has 0 aliphatic rings. The molecule has 2 aromatic carbocycles. The second-order valence-electron chi connectivity index (χ2n) is 4.09. The highest BCUT2D eigenvalue weighted by Gasteiger charge is 2.10. The summed E-state index contributed by atoms with van der Waals surface area (Å²) in [4.78, 5) is 12.1. The van der Waals surface area contributed by atoms with E-state index in [0.29, 0.717) is 16.3 Å². The minimum atomic E-state index is -0.522. The zero-order valence-electron chi connectivity index (χ0n) is 10.9. The summed E-state index contributed by atoms with van der Waals surface area (Å²) in [6, 6.07) is 10.6. The first-order valence-corrected chi connectivity index (χ1v) is 6.45. The van der Waals surface area contributed by atoms with Gasteiger partial charge in [-0.15, -0.1) is 0 Å². The second-order valence-corrected chi connectivity index (χ2v) is 4.50. The number of amides is 1. The molecule has 0 radical (unpaired) electrons. The Hall–Kier alpha value is -2.35. The first-order chi connectivity index (χ1) is 10.1. The quantitative estimate of drug-likeness (QED) is 0.838. The van der Waals surface area contributed by atoms with Gasteiger partial charge in [-0.2, -0.15) is 0 Å². The molecule has 3 nitrogen and oxygen atoms in total. The Morgan fingerprint density at radius 1 is 1.29 bits per heavy atom. The maximum absolute atomic E-state index is 13.5. The summed E-state index contributed by atoms with van der Waals surface area (Å²) in [5.41, 5.74) is 0.816. The Labute approximate surface area is 126 Å². The van der Waals surface area contributed by atoms with E-state index in [1.54, 1.807) is 24.3 Å². The lowest BCUT2D eigenvalue weighted by Gasteiger charge is -2.07. The van der Waals surface area contributed by atoms with Crippen LogP contribution in [0.1, 0.15) is 15.9 Å². The van der Waals surface area contributed by atoms with Crippen molar-refractivity contribution in [3.8, 4) is 11.8 Å². The van der Waals surface area contributed by atoms with Crippen LogP contribution in [0.2, 0.25) is 5.02 Å². The molecule has 0 saturated carbocycles. The molecule has 1 amide bonds. The molecular weight excluding hydrogens is 293 g/mol. The number of hydrogen-bond donors (Lipinski definition) is 2. The van der Waals surface area contributed by atoms with Crippen molar-refractivity contribution >= 4 is 23.2 Å². The van der Waals surface area contributed by atoms with Crippen LogP contribution in [0.4, 0.5) is 10.1 Å². The molecule has 0 bridgehead atoms. The monoisotopic (exact) mass is 303 g/mol. The zero-order valence-corrected chi connectivity index (χ0v) is 11.6. The first-order valence-electron chi connectivity index (χ1n) is 6.07. The molecule has 21 heavy (non-hydrogen) atoms. The van der Waals surface area contributed by atoms with Crippen LogP contribution in [-0.4, -0.2) is 17.6 Å². The number of halogens is 2. The molecule has 0 unspecified atom stereocenters. The Bertz CT molecular complexity index is 735. The lowest BCUT2D eigenvalue weighted by molar-refractivity contribution is 0.102. The van der Waals surface area contributed by atoms with Crippen LogP contribution in [-0.2, 0) is 0 Å². The van der Waals surface area contributed by atoms with Crippen LogP contribution in [0.3, 0.4) is 0 Å². The molecule has 0 aliphatic carbocycles. The lowest BCUT2D eigenvalue weighted by atomic mass is 10.1. The molecular formula is C16H11ClFNO2. The van der Waals surface area contributed by atoms with Crippen molar-refractivity contribution in [2.45, 2.75) is 0 Å². The van der Waals surface area contributed by atoms with E-state index < -0.39 is 11.7 Å². The van der Waals surface area contributed by atoms with E-state index in [9.17, 15) is 9.18 Å². The number of anilines is 1. The summed E-state index contributed by atoms with van der Waals surface area (Å²) in [6.07, 6.45) is 0. The van der Waals surface area contributed by atoms with Crippen LogP contribution in [0.15, 0.2) is 42.5 Å². The van der Waals surface area contributed by atoms with Crippen molar-refractivity contribution in [3.05, 3.63) is 64.4 Å². The van der Waals surface area contributed by atoms with Gasteiger partial charge in [0.25, 0.3) is 5.91 Å². The van der Waals surface area contributed by atoms with E-state index in [0.717, 1.165) is 0 Å². The van der Waals surface area contributed by atoms with E-state index in [4.69, 9.17) is 16.7 Å². The van der Waals surface area contributed by atoms with Crippen molar-refractivity contribution in [1.82, 2.24) is 0 Å². The van der Waals surface area contributed by atoms with Crippen LogP contribution < -0.4 is 5.32 Å². The molecule has 106 valence electrons. The van der Waals surface area contributed by atoms with Crippen molar-refractivity contribution < 1.29 is 14.3 Å². The molecule has 2 rings (SSSR count). The Balaban J connectivity index is 2.24. The normalized spacial score (nSPS) is 9.67. The van der Waals surface area contributed by atoms with Gasteiger partial charge in [-0.25, -0.2) is 4.39 Å². The predicted molar refractivity (Wildman–Crippen MR) is 79.8 cm³/mol. The maximum Gasteiger partial charge on any atom is 0.257 e. The summed E-state index contributed by atoms with van der Waals surface area (Å²) in [6.45, 7) is -0.365. The van der Waals surface area contributed by atoms with E-state index in [-0.39, 0.29) is 12.2 Å². The highest BCUT2D eigenvalue weighted by atomic mass is 35.5. The third kappa shape index (κ3) is 3.82. The number of nitrogens with one attached hydrogen (secondary N) is 1. The Morgan fingerprint density at radius 2 is 2.05 bits per heavy atom.